The fourth-order valence-corrected chi connectivity index (χ4v) is 2.38. The number of aromatic nitrogens is 1. The number of carbonyl (C=O) groups excluding carboxylic acids is 1. The van der Waals surface area contributed by atoms with Crippen molar-refractivity contribution in [3.63, 3.8) is 0 Å². The predicted molar refractivity (Wildman–Crippen MR) is 77.5 cm³/mol. The summed E-state index contributed by atoms with van der Waals surface area (Å²) >= 11 is 0. The number of likely N-dealkylation sites (tertiary alicyclic amines) is 1. The molecular formula is C15H23N3O2. The van der Waals surface area contributed by atoms with E-state index in [0.29, 0.717) is 25.4 Å². The highest BCUT2D eigenvalue weighted by Crippen LogP contribution is 2.09. The number of rotatable bonds is 6. The Morgan fingerprint density at radius 2 is 2.15 bits per heavy atom. The highest BCUT2D eigenvalue weighted by molar-refractivity contribution is 5.76. The molecule has 0 bridgehead atoms. The van der Waals surface area contributed by atoms with Gasteiger partial charge in [-0.2, -0.15) is 0 Å². The van der Waals surface area contributed by atoms with Crippen LogP contribution in [0, 0.1) is 0 Å². The average Bonchev–Trinajstić information content (AvgIpc) is 2.52. The molecule has 1 aliphatic rings. The van der Waals surface area contributed by atoms with Gasteiger partial charge in [0.15, 0.2) is 0 Å². The molecule has 20 heavy (non-hydrogen) atoms. The third-order valence-corrected chi connectivity index (χ3v) is 3.52. The Bertz CT molecular complexity index is 431. The maximum Gasteiger partial charge on any atom is 0.223 e. The van der Waals surface area contributed by atoms with Gasteiger partial charge in [0, 0.05) is 38.7 Å². The van der Waals surface area contributed by atoms with Crippen molar-refractivity contribution in [2.75, 3.05) is 26.7 Å². The van der Waals surface area contributed by atoms with Gasteiger partial charge in [-0.15, -0.1) is 0 Å². The van der Waals surface area contributed by atoms with Gasteiger partial charge in [-0.3, -0.25) is 4.79 Å². The summed E-state index contributed by atoms with van der Waals surface area (Å²) in [6.45, 7) is 3.20. The Morgan fingerprint density at radius 1 is 1.35 bits per heavy atom. The zero-order valence-electron chi connectivity index (χ0n) is 12.1. The molecule has 0 unspecified atom stereocenters. The van der Waals surface area contributed by atoms with E-state index < -0.39 is 0 Å². The van der Waals surface area contributed by atoms with E-state index >= 15 is 0 Å². The first-order valence-corrected chi connectivity index (χ1v) is 7.28. The third kappa shape index (κ3) is 4.49. The topological polar surface area (TPSA) is 54.5 Å². The normalized spacial score (nSPS) is 15.2. The van der Waals surface area contributed by atoms with Crippen LogP contribution >= 0.6 is 0 Å². The van der Waals surface area contributed by atoms with Gasteiger partial charge in [0.05, 0.1) is 12.8 Å². The van der Waals surface area contributed by atoms with Crippen LogP contribution in [0.5, 0.6) is 5.88 Å². The third-order valence-electron chi connectivity index (χ3n) is 3.52. The van der Waals surface area contributed by atoms with E-state index in [-0.39, 0.29) is 5.91 Å². The molecule has 1 amide bonds. The monoisotopic (exact) mass is 277 g/mol. The molecule has 0 aromatic carbocycles. The highest BCUT2D eigenvalue weighted by Gasteiger charge is 2.15. The minimum absolute atomic E-state index is 0.260. The number of amides is 1. The quantitative estimate of drug-likeness (QED) is 0.802. The number of carbonyl (C=O) groups is 1. The summed E-state index contributed by atoms with van der Waals surface area (Å²) in [5.74, 6) is 0.879. The van der Waals surface area contributed by atoms with E-state index in [9.17, 15) is 4.79 Å². The summed E-state index contributed by atoms with van der Waals surface area (Å²) < 4.78 is 5.08. The van der Waals surface area contributed by atoms with Crippen LogP contribution in [0.4, 0.5) is 0 Å². The van der Waals surface area contributed by atoms with Crippen molar-refractivity contribution < 1.29 is 9.53 Å². The lowest BCUT2D eigenvalue weighted by atomic mass is 10.1. The molecule has 1 fully saturated rings. The lowest BCUT2D eigenvalue weighted by molar-refractivity contribution is -0.131. The molecule has 0 aliphatic carbocycles. The fourth-order valence-electron chi connectivity index (χ4n) is 2.38. The molecule has 2 rings (SSSR count). The van der Waals surface area contributed by atoms with Gasteiger partial charge in [0.25, 0.3) is 0 Å². The summed E-state index contributed by atoms with van der Waals surface area (Å²) in [6.07, 6.45) is 4.10. The maximum absolute atomic E-state index is 12.0. The summed E-state index contributed by atoms with van der Waals surface area (Å²) in [5.41, 5.74) is 0.926. The van der Waals surface area contributed by atoms with Crippen LogP contribution in [0.3, 0.4) is 0 Å². The number of nitrogens with zero attached hydrogens (tertiary/aromatic N) is 2. The van der Waals surface area contributed by atoms with E-state index in [1.807, 2.05) is 23.1 Å². The molecule has 110 valence electrons. The van der Waals surface area contributed by atoms with Gasteiger partial charge in [-0.05, 0) is 25.3 Å². The number of hydrogen-bond donors (Lipinski definition) is 1. The number of piperidine rings is 1. The molecule has 1 N–H and O–H groups in total. The van der Waals surface area contributed by atoms with Gasteiger partial charge < -0.3 is 15.0 Å². The van der Waals surface area contributed by atoms with Crippen LogP contribution < -0.4 is 10.1 Å². The largest absolute Gasteiger partial charge is 0.481 e. The second-order valence-electron chi connectivity index (χ2n) is 5.04. The van der Waals surface area contributed by atoms with Crippen LogP contribution in [0.15, 0.2) is 18.2 Å². The molecule has 0 radical (unpaired) electrons. The molecule has 0 atom stereocenters. The van der Waals surface area contributed by atoms with Crippen molar-refractivity contribution in [3.8, 4) is 5.88 Å². The fraction of sp³-hybridized carbons (Fsp3) is 0.600. The van der Waals surface area contributed by atoms with Crippen molar-refractivity contribution in [3.05, 3.63) is 23.9 Å². The highest BCUT2D eigenvalue weighted by atomic mass is 16.5. The van der Waals surface area contributed by atoms with E-state index in [1.54, 1.807) is 7.11 Å². The number of methoxy groups -OCH3 is 1. The van der Waals surface area contributed by atoms with Crippen molar-refractivity contribution in [2.45, 2.75) is 32.2 Å². The molecular weight excluding hydrogens is 254 g/mol. The maximum atomic E-state index is 12.0. The number of hydrogen-bond acceptors (Lipinski definition) is 4. The molecule has 5 nitrogen and oxygen atoms in total. The molecule has 0 saturated carbocycles. The van der Waals surface area contributed by atoms with E-state index in [4.69, 9.17) is 4.74 Å². The molecule has 1 aromatic rings. The Hall–Kier alpha value is -1.62. The van der Waals surface area contributed by atoms with Gasteiger partial charge in [-0.1, -0.05) is 6.07 Å². The van der Waals surface area contributed by atoms with Gasteiger partial charge in [-0.25, -0.2) is 4.98 Å². The van der Waals surface area contributed by atoms with Crippen molar-refractivity contribution in [1.82, 2.24) is 15.2 Å². The minimum Gasteiger partial charge on any atom is -0.481 e. The second-order valence-corrected chi connectivity index (χ2v) is 5.04. The van der Waals surface area contributed by atoms with E-state index in [0.717, 1.165) is 31.6 Å². The van der Waals surface area contributed by atoms with Gasteiger partial charge in [0.1, 0.15) is 0 Å². The lowest BCUT2D eigenvalue weighted by Crippen LogP contribution is -2.37. The average molecular weight is 277 g/mol. The van der Waals surface area contributed by atoms with Crippen LogP contribution in [-0.2, 0) is 11.3 Å². The molecule has 1 aliphatic heterocycles. The van der Waals surface area contributed by atoms with Gasteiger partial charge in [0.2, 0.25) is 11.8 Å². The number of ether oxygens (including phenoxy) is 1. The SMILES string of the molecule is COc1cccc(CNCCC(=O)N2CCCCC2)n1. The first-order chi connectivity index (χ1) is 9.79. The number of nitrogens with one attached hydrogen (secondary N) is 1. The van der Waals surface area contributed by atoms with E-state index in [1.165, 1.54) is 6.42 Å². The number of pyridine rings is 1. The van der Waals surface area contributed by atoms with Crippen LogP contribution in [0.25, 0.3) is 0 Å². The Morgan fingerprint density at radius 3 is 2.90 bits per heavy atom. The lowest BCUT2D eigenvalue weighted by Gasteiger charge is -2.26. The Balaban J connectivity index is 1.66. The summed E-state index contributed by atoms with van der Waals surface area (Å²) in [7, 11) is 1.61. The van der Waals surface area contributed by atoms with E-state index in [2.05, 4.69) is 10.3 Å². The first kappa shape index (κ1) is 14.8. The zero-order valence-corrected chi connectivity index (χ0v) is 12.1. The Labute approximate surface area is 120 Å². The van der Waals surface area contributed by atoms with Crippen LogP contribution in [0.1, 0.15) is 31.4 Å². The minimum atomic E-state index is 0.260. The van der Waals surface area contributed by atoms with Crippen LogP contribution in [-0.4, -0.2) is 42.5 Å². The first-order valence-electron chi connectivity index (χ1n) is 7.28. The molecule has 0 spiro atoms. The Kier molecular flexibility index (Phi) is 5.80. The molecule has 2 heterocycles. The van der Waals surface area contributed by atoms with Crippen LogP contribution in [0.2, 0.25) is 0 Å². The smallest absolute Gasteiger partial charge is 0.223 e. The van der Waals surface area contributed by atoms with Crippen molar-refractivity contribution >= 4 is 5.91 Å². The summed E-state index contributed by atoms with van der Waals surface area (Å²) in [5, 5.41) is 3.26. The van der Waals surface area contributed by atoms with Crippen molar-refractivity contribution in [1.29, 1.82) is 0 Å². The molecule has 1 saturated heterocycles. The molecule has 1 aromatic heterocycles. The van der Waals surface area contributed by atoms with Gasteiger partial charge >= 0.3 is 0 Å². The summed E-state index contributed by atoms with van der Waals surface area (Å²) in [6, 6.07) is 5.69. The molecule has 5 heteroatoms. The second kappa shape index (κ2) is 7.85. The van der Waals surface area contributed by atoms with Crippen molar-refractivity contribution in [2.24, 2.45) is 0 Å². The summed E-state index contributed by atoms with van der Waals surface area (Å²) in [4.78, 5) is 18.3. The zero-order chi connectivity index (χ0) is 14.2. The standard InChI is InChI=1S/C15H23N3O2/c1-20-14-7-5-6-13(17-14)12-16-9-8-15(19)18-10-3-2-4-11-18/h5-7,16H,2-4,8-12H2,1H3. The predicted octanol–water partition coefficient (Wildman–Crippen LogP) is 1.58.